The number of carbonyl (C=O) groups is 1. The van der Waals surface area contributed by atoms with Gasteiger partial charge in [-0.15, -0.1) is 0 Å². The van der Waals surface area contributed by atoms with Gasteiger partial charge in [-0.05, 0) is 23.7 Å². The van der Waals surface area contributed by atoms with Gasteiger partial charge in [0, 0.05) is 19.5 Å². The normalized spacial score (nSPS) is 10.2. The zero-order valence-electron chi connectivity index (χ0n) is 11.7. The summed E-state index contributed by atoms with van der Waals surface area (Å²) >= 11 is 0. The van der Waals surface area contributed by atoms with Gasteiger partial charge in [0.05, 0.1) is 0 Å². The summed E-state index contributed by atoms with van der Waals surface area (Å²) in [6.07, 6.45) is 0.512. The first-order valence-electron chi connectivity index (χ1n) is 6.85. The van der Waals surface area contributed by atoms with Gasteiger partial charge in [0.2, 0.25) is 5.91 Å². The van der Waals surface area contributed by atoms with Crippen molar-refractivity contribution in [3.63, 3.8) is 0 Å². The topological polar surface area (TPSA) is 41.1 Å². The summed E-state index contributed by atoms with van der Waals surface area (Å²) in [6.45, 7) is 1.29. The average molecular weight is 268 g/mol. The van der Waals surface area contributed by atoms with Gasteiger partial charge in [-0.1, -0.05) is 54.6 Å². The summed E-state index contributed by atoms with van der Waals surface area (Å²) in [6, 6.07) is 18.5. The summed E-state index contributed by atoms with van der Waals surface area (Å²) < 4.78 is 0. The minimum absolute atomic E-state index is 0.0754. The lowest BCUT2D eigenvalue weighted by Gasteiger charge is -2.07. The molecule has 0 saturated heterocycles. The highest BCUT2D eigenvalue weighted by atomic mass is 16.1. The van der Waals surface area contributed by atoms with Crippen molar-refractivity contribution in [1.82, 2.24) is 10.6 Å². The van der Waals surface area contributed by atoms with Crippen LogP contribution in [-0.4, -0.2) is 19.5 Å². The van der Waals surface area contributed by atoms with Gasteiger partial charge in [-0.3, -0.25) is 4.79 Å². The largest absolute Gasteiger partial charge is 0.352 e. The predicted molar refractivity (Wildman–Crippen MR) is 82.3 cm³/mol. The molecule has 1 amide bonds. The van der Waals surface area contributed by atoms with Crippen LogP contribution in [0, 0.1) is 0 Å². The second-order valence-electron chi connectivity index (χ2n) is 4.69. The van der Waals surface area contributed by atoms with E-state index < -0.39 is 0 Å². The van der Waals surface area contributed by atoms with E-state index in [9.17, 15) is 4.79 Å². The van der Waals surface area contributed by atoms with Gasteiger partial charge in [0.1, 0.15) is 0 Å². The Hall–Kier alpha value is -2.13. The number of hydrogen-bond acceptors (Lipinski definition) is 2. The molecule has 0 radical (unpaired) electrons. The van der Waals surface area contributed by atoms with Gasteiger partial charge in [-0.25, -0.2) is 0 Å². The van der Waals surface area contributed by atoms with Crippen LogP contribution in [0.5, 0.6) is 0 Å². The average Bonchev–Trinajstić information content (AvgIpc) is 2.52. The Bertz CT molecular complexity index is 535. The second-order valence-corrected chi connectivity index (χ2v) is 4.69. The first-order valence-corrected chi connectivity index (χ1v) is 6.85. The van der Waals surface area contributed by atoms with Crippen LogP contribution in [0.4, 0.5) is 0 Å². The number of rotatable bonds is 6. The Morgan fingerprint density at radius 2 is 1.60 bits per heavy atom. The van der Waals surface area contributed by atoms with Crippen molar-refractivity contribution >= 4 is 5.91 Å². The molecule has 0 aliphatic rings. The third-order valence-electron chi connectivity index (χ3n) is 3.15. The fourth-order valence-corrected chi connectivity index (χ4v) is 1.97. The molecule has 0 fully saturated rings. The molecule has 0 aromatic heterocycles. The predicted octanol–water partition coefficient (Wildman–Crippen LogP) is 2.58. The van der Waals surface area contributed by atoms with Crippen molar-refractivity contribution in [3.05, 3.63) is 60.2 Å². The molecule has 2 aromatic carbocycles. The van der Waals surface area contributed by atoms with E-state index >= 15 is 0 Å². The monoisotopic (exact) mass is 268 g/mol. The molecule has 2 N–H and O–H groups in total. The molecule has 0 heterocycles. The van der Waals surface area contributed by atoms with Crippen LogP contribution in [0.3, 0.4) is 0 Å². The van der Waals surface area contributed by atoms with Gasteiger partial charge in [0.15, 0.2) is 0 Å². The summed E-state index contributed by atoms with van der Waals surface area (Å²) in [5, 5.41) is 5.88. The van der Waals surface area contributed by atoms with Gasteiger partial charge >= 0.3 is 0 Å². The van der Waals surface area contributed by atoms with Crippen LogP contribution in [-0.2, 0) is 11.3 Å². The number of benzene rings is 2. The molecule has 0 bridgehead atoms. The molecule has 20 heavy (non-hydrogen) atoms. The summed E-state index contributed by atoms with van der Waals surface area (Å²) in [7, 11) is 1.84. The van der Waals surface area contributed by atoms with Crippen molar-refractivity contribution < 1.29 is 4.79 Å². The van der Waals surface area contributed by atoms with Crippen molar-refractivity contribution in [2.75, 3.05) is 13.6 Å². The highest BCUT2D eigenvalue weighted by Gasteiger charge is 2.01. The van der Waals surface area contributed by atoms with Crippen LogP contribution < -0.4 is 10.6 Å². The fourth-order valence-electron chi connectivity index (χ4n) is 1.97. The SMILES string of the molecule is CNCCC(=O)NCc1ccc(-c2ccccc2)cc1. The Morgan fingerprint density at radius 3 is 2.25 bits per heavy atom. The molecule has 0 spiro atoms. The van der Waals surface area contributed by atoms with E-state index in [1.165, 1.54) is 11.1 Å². The summed E-state index contributed by atoms with van der Waals surface area (Å²) in [5.41, 5.74) is 3.51. The van der Waals surface area contributed by atoms with E-state index in [4.69, 9.17) is 0 Å². The standard InChI is InChI=1S/C17H20N2O/c1-18-12-11-17(20)19-13-14-7-9-16(10-8-14)15-5-3-2-4-6-15/h2-10,18H,11-13H2,1H3,(H,19,20). The first kappa shape index (κ1) is 14.3. The molecular formula is C17H20N2O. The van der Waals surface area contributed by atoms with Crippen molar-refractivity contribution in [3.8, 4) is 11.1 Å². The Balaban J connectivity index is 1.90. The van der Waals surface area contributed by atoms with Crippen LogP contribution in [0.15, 0.2) is 54.6 Å². The molecule has 0 unspecified atom stereocenters. The zero-order chi connectivity index (χ0) is 14.2. The Labute approximate surface area is 120 Å². The maximum absolute atomic E-state index is 11.5. The molecule has 0 aliphatic heterocycles. The van der Waals surface area contributed by atoms with Crippen LogP contribution in [0.1, 0.15) is 12.0 Å². The minimum Gasteiger partial charge on any atom is -0.352 e. The molecule has 3 heteroatoms. The second kappa shape index (κ2) is 7.46. The third-order valence-corrected chi connectivity index (χ3v) is 3.15. The molecule has 104 valence electrons. The maximum Gasteiger partial charge on any atom is 0.221 e. The van der Waals surface area contributed by atoms with Crippen LogP contribution in [0.2, 0.25) is 0 Å². The molecule has 2 rings (SSSR count). The number of nitrogens with one attached hydrogen (secondary N) is 2. The molecule has 0 atom stereocenters. The van der Waals surface area contributed by atoms with Crippen molar-refractivity contribution in [1.29, 1.82) is 0 Å². The number of amides is 1. The molecule has 0 aliphatic carbocycles. The number of carbonyl (C=O) groups excluding carboxylic acids is 1. The van der Waals surface area contributed by atoms with E-state index in [-0.39, 0.29) is 5.91 Å². The maximum atomic E-state index is 11.5. The molecular weight excluding hydrogens is 248 g/mol. The lowest BCUT2D eigenvalue weighted by Crippen LogP contribution is -2.26. The summed E-state index contributed by atoms with van der Waals surface area (Å²) in [5.74, 6) is 0.0754. The lowest BCUT2D eigenvalue weighted by atomic mass is 10.0. The van der Waals surface area contributed by atoms with Crippen LogP contribution >= 0.6 is 0 Å². The molecule has 3 nitrogen and oxygen atoms in total. The van der Waals surface area contributed by atoms with Crippen molar-refractivity contribution in [2.24, 2.45) is 0 Å². The minimum atomic E-state index is 0.0754. The third kappa shape index (κ3) is 4.21. The van der Waals surface area contributed by atoms with Gasteiger partial charge < -0.3 is 10.6 Å². The lowest BCUT2D eigenvalue weighted by molar-refractivity contribution is -0.121. The Morgan fingerprint density at radius 1 is 0.950 bits per heavy atom. The van der Waals surface area contributed by atoms with E-state index in [0.29, 0.717) is 19.5 Å². The van der Waals surface area contributed by atoms with Gasteiger partial charge in [-0.2, -0.15) is 0 Å². The summed E-state index contributed by atoms with van der Waals surface area (Å²) in [4.78, 5) is 11.5. The van der Waals surface area contributed by atoms with E-state index in [1.807, 2.05) is 25.2 Å². The Kier molecular flexibility index (Phi) is 5.33. The van der Waals surface area contributed by atoms with E-state index in [1.54, 1.807) is 0 Å². The van der Waals surface area contributed by atoms with E-state index in [0.717, 1.165) is 5.56 Å². The van der Waals surface area contributed by atoms with Crippen LogP contribution in [0.25, 0.3) is 11.1 Å². The molecule has 2 aromatic rings. The highest BCUT2D eigenvalue weighted by molar-refractivity contribution is 5.76. The smallest absolute Gasteiger partial charge is 0.221 e. The van der Waals surface area contributed by atoms with Crippen molar-refractivity contribution in [2.45, 2.75) is 13.0 Å². The zero-order valence-corrected chi connectivity index (χ0v) is 11.7. The quantitative estimate of drug-likeness (QED) is 0.845. The van der Waals surface area contributed by atoms with Gasteiger partial charge in [0.25, 0.3) is 0 Å². The fraction of sp³-hybridized carbons (Fsp3) is 0.235. The number of hydrogen-bond donors (Lipinski definition) is 2. The molecule has 0 saturated carbocycles. The first-order chi connectivity index (χ1) is 9.79. The highest BCUT2D eigenvalue weighted by Crippen LogP contribution is 2.19. The van der Waals surface area contributed by atoms with E-state index in [2.05, 4.69) is 47.0 Å².